The minimum atomic E-state index is -1.11. The third-order valence-corrected chi connectivity index (χ3v) is 5.71. The molecule has 1 atom stereocenters. The van der Waals surface area contributed by atoms with E-state index in [-0.39, 0.29) is 5.92 Å². The van der Waals surface area contributed by atoms with Crippen molar-refractivity contribution in [2.45, 2.75) is 51.6 Å². The zero-order valence-electron chi connectivity index (χ0n) is 11.3. The summed E-state index contributed by atoms with van der Waals surface area (Å²) in [7, 11) is 0. The van der Waals surface area contributed by atoms with Crippen LogP contribution in [0.3, 0.4) is 0 Å². The van der Waals surface area contributed by atoms with Crippen molar-refractivity contribution in [2.24, 2.45) is 35.5 Å². The molecule has 0 amide bonds. The average molecular weight is 252 g/mol. The molecule has 0 heterocycles. The Labute approximate surface area is 109 Å². The molecule has 0 aromatic heterocycles. The van der Waals surface area contributed by atoms with E-state index < -0.39 is 17.5 Å². The minimum Gasteiger partial charge on any atom is -0.481 e. The molecule has 4 saturated carbocycles. The first-order valence-corrected chi connectivity index (χ1v) is 7.31. The highest BCUT2D eigenvalue weighted by Crippen LogP contribution is 2.59. The normalized spacial score (nSPS) is 44.1. The molecule has 0 aromatic rings. The predicted molar refractivity (Wildman–Crippen MR) is 68.0 cm³/mol. The summed E-state index contributed by atoms with van der Waals surface area (Å²) in [5.41, 5.74) is -1.11. The maximum absolute atomic E-state index is 11.6. The number of aliphatic carboxylic acids is 1. The van der Waals surface area contributed by atoms with Crippen molar-refractivity contribution < 1.29 is 15.0 Å². The van der Waals surface area contributed by atoms with Crippen molar-refractivity contribution in [3.63, 3.8) is 0 Å². The Morgan fingerprint density at radius 1 is 1.06 bits per heavy atom. The standard InChI is InChI=1S/C15H24O3/c1-15(2,18)13(14(16)17)12-10-4-8-3-9(6-10)7-11(12)5-8/h8-13,18H,3-7H2,1-2H3,(H,16,17). The quantitative estimate of drug-likeness (QED) is 0.811. The topological polar surface area (TPSA) is 57.5 Å². The monoisotopic (exact) mass is 252 g/mol. The van der Waals surface area contributed by atoms with Crippen molar-refractivity contribution in [3.05, 3.63) is 0 Å². The molecule has 4 bridgehead atoms. The van der Waals surface area contributed by atoms with Crippen LogP contribution in [-0.4, -0.2) is 21.8 Å². The van der Waals surface area contributed by atoms with E-state index in [1.807, 2.05) is 0 Å². The molecular weight excluding hydrogens is 228 g/mol. The zero-order valence-corrected chi connectivity index (χ0v) is 11.3. The van der Waals surface area contributed by atoms with Crippen LogP contribution in [0.4, 0.5) is 0 Å². The number of carboxylic acids is 1. The van der Waals surface area contributed by atoms with Crippen LogP contribution in [0.25, 0.3) is 0 Å². The molecule has 2 N–H and O–H groups in total. The van der Waals surface area contributed by atoms with Crippen molar-refractivity contribution in [2.75, 3.05) is 0 Å². The molecular formula is C15H24O3. The van der Waals surface area contributed by atoms with Gasteiger partial charge in [0.2, 0.25) is 0 Å². The smallest absolute Gasteiger partial charge is 0.309 e. The first kappa shape index (κ1) is 12.5. The highest BCUT2D eigenvalue weighted by Gasteiger charge is 2.54. The van der Waals surface area contributed by atoms with E-state index in [9.17, 15) is 15.0 Å². The lowest BCUT2D eigenvalue weighted by Crippen LogP contribution is -2.54. The second-order valence-corrected chi connectivity index (χ2v) is 7.48. The highest BCUT2D eigenvalue weighted by molar-refractivity contribution is 5.72. The molecule has 3 heteroatoms. The molecule has 4 aliphatic carbocycles. The molecule has 4 aliphatic rings. The first-order valence-electron chi connectivity index (χ1n) is 7.31. The van der Waals surface area contributed by atoms with E-state index in [2.05, 4.69) is 0 Å². The Bertz CT molecular complexity index is 327. The van der Waals surface area contributed by atoms with Gasteiger partial charge in [-0.05, 0) is 75.5 Å². The number of rotatable bonds is 3. The van der Waals surface area contributed by atoms with Gasteiger partial charge in [0, 0.05) is 0 Å². The summed E-state index contributed by atoms with van der Waals surface area (Å²) in [6, 6.07) is 0. The highest BCUT2D eigenvalue weighted by atomic mass is 16.4. The van der Waals surface area contributed by atoms with Gasteiger partial charge in [0.1, 0.15) is 0 Å². The summed E-state index contributed by atoms with van der Waals surface area (Å²) < 4.78 is 0. The molecule has 3 nitrogen and oxygen atoms in total. The number of carboxylic acid groups (broad SMARTS) is 1. The number of carbonyl (C=O) groups is 1. The van der Waals surface area contributed by atoms with Gasteiger partial charge in [0.25, 0.3) is 0 Å². The Morgan fingerprint density at radius 3 is 1.83 bits per heavy atom. The van der Waals surface area contributed by atoms with Crippen molar-refractivity contribution in [1.82, 2.24) is 0 Å². The number of hydrogen-bond acceptors (Lipinski definition) is 2. The van der Waals surface area contributed by atoms with Crippen LogP contribution >= 0.6 is 0 Å². The molecule has 4 fully saturated rings. The molecule has 0 saturated heterocycles. The summed E-state index contributed by atoms with van der Waals surface area (Å²) in [5, 5.41) is 19.8. The lowest BCUT2D eigenvalue weighted by atomic mass is 9.48. The van der Waals surface area contributed by atoms with Gasteiger partial charge in [0.05, 0.1) is 11.5 Å². The Morgan fingerprint density at radius 2 is 1.50 bits per heavy atom. The van der Waals surface area contributed by atoms with Gasteiger partial charge < -0.3 is 10.2 Å². The summed E-state index contributed by atoms with van der Waals surface area (Å²) in [6.07, 6.45) is 6.20. The largest absolute Gasteiger partial charge is 0.481 e. The van der Waals surface area contributed by atoms with Gasteiger partial charge in [-0.25, -0.2) is 0 Å². The summed E-state index contributed by atoms with van der Waals surface area (Å²) >= 11 is 0. The van der Waals surface area contributed by atoms with Gasteiger partial charge in [-0.1, -0.05) is 0 Å². The van der Waals surface area contributed by atoms with Crippen molar-refractivity contribution >= 4 is 5.97 Å². The molecule has 1 unspecified atom stereocenters. The van der Waals surface area contributed by atoms with Gasteiger partial charge in [-0.3, -0.25) is 4.79 Å². The van der Waals surface area contributed by atoms with E-state index >= 15 is 0 Å². The molecule has 102 valence electrons. The van der Waals surface area contributed by atoms with Crippen LogP contribution in [-0.2, 0) is 4.79 Å². The Hall–Kier alpha value is -0.570. The second-order valence-electron chi connectivity index (χ2n) is 7.48. The average Bonchev–Trinajstić information content (AvgIpc) is 2.19. The van der Waals surface area contributed by atoms with Crippen LogP contribution in [0.15, 0.2) is 0 Å². The van der Waals surface area contributed by atoms with Crippen LogP contribution in [0.5, 0.6) is 0 Å². The predicted octanol–water partition coefficient (Wildman–Crippen LogP) is 2.53. The van der Waals surface area contributed by atoms with Crippen molar-refractivity contribution in [3.8, 4) is 0 Å². The molecule has 4 rings (SSSR count). The third kappa shape index (κ3) is 1.87. The van der Waals surface area contributed by atoms with Crippen molar-refractivity contribution in [1.29, 1.82) is 0 Å². The Kier molecular flexibility index (Phi) is 2.74. The first-order chi connectivity index (χ1) is 8.36. The fraction of sp³-hybridized carbons (Fsp3) is 0.933. The van der Waals surface area contributed by atoms with E-state index in [4.69, 9.17) is 0 Å². The maximum Gasteiger partial charge on any atom is 0.309 e. The van der Waals surface area contributed by atoms with Gasteiger partial charge in [-0.15, -0.1) is 0 Å². The van der Waals surface area contributed by atoms with E-state index in [0.29, 0.717) is 11.8 Å². The van der Waals surface area contributed by atoms with Gasteiger partial charge >= 0.3 is 5.97 Å². The van der Waals surface area contributed by atoms with E-state index in [1.165, 1.54) is 32.1 Å². The van der Waals surface area contributed by atoms with Gasteiger partial charge in [0.15, 0.2) is 0 Å². The molecule has 0 aliphatic heterocycles. The lowest BCUT2D eigenvalue weighted by molar-refractivity contribution is -0.168. The fourth-order valence-electron chi connectivity index (χ4n) is 5.45. The summed E-state index contributed by atoms with van der Waals surface area (Å²) in [6.45, 7) is 3.33. The van der Waals surface area contributed by atoms with E-state index in [1.54, 1.807) is 13.8 Å². The summed E-state index contributed by atoms with van der Waals surface area (Å²) in [4.78, 5) is 11.6. The van der Waals surface area contributed by atoms with E-state index in [0.717, 1.165) is 11.8 Å². The fourth-order valence-corrected chi connectivity index (χ4v) is 5.45. The third-order valence-electron chi connectivity index (χ3n) is 5.71. The molecule has 0 aromatic carbocycles. The van der Waals surface area contributed by atoms with Crippen LogP contribution in [0.1, 0.15) is 46.0 Å². The SMILES string of the molecule is CC(C)(O)C(C(=O)O)C1C2CC3CC(C2)CC1C3. The van der Waals surface area contributed by atoms with Gasteiger partial charge in [-0.2, -0.15) is 0 Å². The summed E-state index contributed by atoms with van der Waals surface area (Å²) in [5.74, 6) is 1.60. The number of aliphatic hydroxyl groups is 1. The maximum atomic E-state index is 11.6. The lowest BCUT2D eigenvalue weighted by Gasteiger charge is -2.57. The van der Waals surface area contributed by atoms with Crippen LogP contribution in [0, 0.1) is 35.5 Å². The second kappa shape index (κ2) is 3.96. The van der Waals surface area contributed by atoms with Crippen LogP contribution < -0.4 is 0 Å². The number of hydrogen-bond donors (Lipinski definition) is 2. The molecule has 18 heavy (non-hydrogen) atoms. The zero-order chi connectivity index (χ0) is 13.1. The molecule has 0 spiro atoms. The minimum absolute atomic E-state index is 0.204. The van der Waals surface area contributed by atoms with Crippen LogP contribution in [0.2, 0.25) is 0 Å². The molecule has 0 radical (unpaired) electrons. The Balaban J connectivity index is 1.89.